The highest BCUT2D eigenvalue weighted by Gasteiger charge is 2.14. The zero-order valence-corrected chi connectivity index (χ0v) is 15.3. The van der Waals surface area contributed by atoms with Crippen molar-refractivity contribution in [3.8, 4) is 0 Å². The van der Waals surface area contributed by atoms with Gasteiger partial charge < -0.3 is 26.6 Å². The lowest BCUT2D eigenvalue weighted by Gasteiger charge is -2.29. The first kappa shape index (κ1) is 17.4. The third-order valence-electron chi connectivity index (χ3n) is 4.99. The number of nitrogens with zero attached hydrogens (tertiary/aromatic N) is 2. The van der Waals surface area contributed by atoms with Gasteiger partial charge in [-0.1, -0.05) is 0 Å². The van der Waals surface area contributed by atoms with Crippen molar-refractivity contribution in [3.63, 3.8) is 0 Å². The Morgan fingerprint density at radius 3 is 1.56 bits per heavy atom. The average Bonchev–Trinajstić information content (AvgIpc) is 2.72. The second-order valence-electron chi connectivity index (χ2n) is 6.81. The van der Waals surface area contributed by atoms with E-state index in [0.717, 1.165) is 61.8 Å². The quantitative estimate of drug-likeness (QED) is 0.733. The summed E-state index contributed by atoms with van der Waals surface area (Å²) in [6, 6.07) is 12.6. The third-order valence-corrected chi connectivity index (χ3v) is 4.99. The molecule has 0 radical (unpaired) electrons. The second kappa shape index (κ2) is 7.66. The van der Waals surface area contributed by atoms with E-state index in [1.807, 2.05) is 12.1 Å². The lowest BCUT2D eigenvalue weighted by atomic mass is 10.1. The first-order valence-electron chi connectivity index (χ1n) is 8.97. The molecule has 0 amide bonds. The van der Waals surface area contributed by atoms with E-state index in [2.05, 4.69) is 53.2 Å². The first-order chi connectivity index (χ1) is 12.0. The molecular formula is C20H29N5. The molecule has 1 fully saturated rings. The molecule has 0 aliphatic carbocycles. The molecule has 0 unspecified atom stereocenters. The van der Waals surface area contributed by atoms with Crippen molar-refractivity contribution < 1.29 is 0 Å². The molecule has 1 aliphatic rings. The Kier molecular flexibility index (Phi) is 5.34. The molecule has 0 saturated carbocycles. The number of nitrogen functional groups attached to an aromatic ring is 2. The molecule has 2 aromatic rings. The molecule has 0 bridgehead atoms. The van der Waals surface area contributed by atoms with Crippen LogP contribution in [0, 0.1) is 13.8 Å². The molecule has 0 spiro atoms. The first-order valence-corrected chi connectivity index (χ1v) is 8.97. The third kappa shape index (κ3) is 4.17. The van der Waals surface area contributed by atoms with Crippen LogP contribution in [0.5, 0.6) is 0 Å². The van der Waals surface area contributed by atoms with Crippen molar-refractivity contribution in [1.29, 1.82) is 0 Å². The van der Waals surface area contributed by atoms with Gasteiger partial charge in [0.2, 0.25) is 0 Å². The number of benzene rings is 2. The number of hydrogen-bond acceptors (Lipinski definition) is 5. The van der Waals surface area contributed by atoms with Crippen LogP contribution >= 0.6 is 0 Å². The fourth-order valence-corrected chi connectivity index (χ4v) is 3.25. The smallest absolute Gasteiger partial charge is 0.0371 e. The SMILES string of the molecule is Cc1cc(N2CCNCCN(c3ccc(N)c(C)c3)CC2)ccc1N. The summed E-state index contributed by atoms with van der Waals surface area (Å²) in [5.74, 6) is 0. The van der Waals surface area contributed by atoms with E-state index in [1.165, 1.54) is 11.4 Å². The summed E-state index contributed by atoms with van der Waals surface area (Å²) in [7, 11) is 0. The molecule has 25 heavy (non-hydrogen) atoms. The van der Waals surface area contributed by atoms with Gasteiger partial charge in [0.1, 0.15) is 0 Å². The Balaban J connectivity index is 1.78. The van der Waals surface area contributed by atoms with Gasteiger partial charge in [-0.3, -0.25) is 0 Å². The molecule has 3 rings (SSSR count). The van der Waals surface area contributed by atoms with Crippen LogP contribution in [-0.2, 0) is 0 Å². The molecule has 5 N–H and O–H groups in total. The van der Waals surface area contributed by atoms with Crippen LogP contribution < -0.4 is 26.6 Å². The summed E-state index contributed by atoms with van der Waals surface area (Å²) < 4.78 is 0. The fraction of sp³-hybridized carbons (Fsp3) is 0.400. The minimum absolute atomic E-state index is 0.852. The Hall–Kier alpha value is -2.40. The predicted molar refractivity (Wildman–Crippen MR) is 108 cm³/mol. The minimum Gasteiger partial charge on any atom is -0.399 e. The van der Waals surface area contributed by atoms with E-state index in [0.29, 0.717) is 0 Å². The Morgan fingerprint density at radius 2 is 1.16 bits per heavy atom. The summed E-state index contributed by atoms with van der Waals surface area (Å²) in [6.07, 6.45) is 0. The number of anilines is 4. The van der Waals surface area contributed by atoms with Gasteiger partial charge in [0.25, 0.3) is 0 Å². The van der Waals surface area contributed by atoms with Crippen molar-refractivity contribution in [1.82, 2.24) is 5.32 Å². The number of aryl methyl sites for hydroxylation is 2. The van der Waals surface area contributed by atoms with Gasteiger partial charge in [-0.05, 0) is 61.4 Å². The van der Waals surface area contributed by atoms with Crippen LogP contribution in [0.3, 0.4) is 0 Å². The number of hydrogen-bond donors (Lipinski definition) is 3. The average molecular weight is 339 g/mol. The van der Waals surface area contributed by atoms with E-state index < -0.39 is 0 Å². The largest absolute Gasteiger partial charge is 0.399 e. The van der Waals surface area contributed by atoms with E-state index in [1.54, 1.807) is 0 Å². The fourth-order valence-electron chi connectivity index (χ4n) is 3.25. The number of rotatable bonds is 2. The van der Waals surface area contributed by atoms with E-state index in [4.69, 9.17) is 11.5 Å². The Morgan fingerprint density at radius 1 is 0.720 bits per heavy atom. The molecule has 0 aromatic heterocycles. The zero-order valence-electron chi connectivity index (χ0n) is 15.3. The monoisotopic (exact) mass is 339 g/mol. The lowest BCUT2D eigenvalue weighted by Crippen LogP contribution is -2.36. The summed E-state index contributed by atoms with van der Waals surface area (Å²) in [4.78, 5) is 4.86. The maximum Gasteiger partial charge on any atom is 0.0371 e. The second-order valence-corrected chi connectivity index (χ2v) is 6.81. The highest BCUT2D eigenvalue weighted by atomic mass is 15.2. The molecule has 1 heterocycles. The topological polar surface area (TPSA) is 70.5 Å². The highest BCUT2D eigenvalue weighted by Crippen LogP contribution is 2.23. The van der Waals surface area contributed by atoms with Crippen molar-refractivity contribution in [2.75, 3.05) is 60.5 Å². The molecule has 5 nitrogen and oxygen atoms in total. The molecule has 5 heteroatoms. The van der Waals surface area contributed by atoms with Gasteiger partial charge >= 0.3 is 0 Å². The highest BCUT2D eigenvalue weighted by molar-refractivity contribution is 5.60. The maximum absolute atomic E-state index is 5.97. The molecule has 1 aliphatic heterocycles. The predicted octanol–water partition coefficient (Wildman–Crippen LogP) is 2.38. The van der Waals surface area contributed by atoms with Crippen LogP contribution in [0.15, 0.2) is 36.4 Å². The molecule has 1 saturated heterocycles. The van der Waals surface area contributed by atoms with E-state index in [9.17, 15) is 0 Å². The molecule has 2 aromatic carbocycles. The van der Waals surface area contributed by atoms with Crippen molar-refractivity contribution >= 4 is 22.7 Å². The number of nitrogens with two attached hydrogens (primary N) is 2. The Labute approximate surface area is 150 Å². The minimum atomic E-state index is 0.852. The normalized spacial score (nSPS) is 16.2. The van der Waals surface area contributed by atoms with Crippen LogP contribution in [0.1, 0.15) is 11.1 Å². The van der Waals surface area contributed by atoms with Gasteiger partial charge in [-0.25, -0.2) is 0 Å². The summed E-state index contributed by atoms with van der Waals surface area (Å²) in [6.45, 7) is 10.1. The maximum atomic E-state index is 5.97. The van der Waals surface area contributed by atoms with Gasteiger partial charge in [-0.2, -0.15) is 0 Å². The number of nitrogens with one attached hydrogen (secondary N) is 1. The van der Waals surface area contributed by atoms with Crippen molar-refractivity contribution in [2.45, 2.75) is 13.8 Å². The zero-order chi connectivity index (χ0) is 17.8. The molecule has 0 atom stereocenters. The lowest BCUT2D eigenvalue weighted by molar-refractivity contribution is 0.686. The molecule has 134 valence electrons. The van der Waals surface area contributed by atoms with Gasteiger partial charge in [0.15, 0.2) is 0 Å². The van der Waals surface area contributed by atoms with Crippen molar-refractivity contribution in [2.24, 2.45) is 0 Å². The standard InChI is InChI=1S/C20H29N5/c1-15-13-17(3-5-19(15)21)24-9-7-23-8-10-25(12-11-24)18-4-6-20(22)16(2)14-18/h3-6,13-14,23H,7-12,21-22H2,1-2H3. The van der Waals surface area contributed by atoms with Gasteiger partial charge in [-0.15, -0.1) is 0 Å². The Bertz CT molecular complexity index is 667. The molecular weight excluding hydrogens is 310 g/mol. The van der Waals surface area contributed by atoms with Gasteiger partial charge in [0, 0.05) is 62.0 Å². The van der Waals surface area contributed by atoms with E-state index >= 15 is 0 Å². The summed E-state index contributed by atoms with van der Waals surface area (Å²) >= 11 is 0. The van der Waals surface area contributed by atoms with E-state index in [-0.39, 0.29) is 0 Å². The summed E-state index contributed by atoms with van der Waals surface area (Å²) in [5, 5.41) is 3.55. The van der Waals surface area contributed by atoms with Crippen LogP contribution in [0.25, 0.3) is 0 Å². The van der Waals surface area contributed by atoms with Crippen LogP contribution in [0.4, 0.5) is 22.7 Å². The van der Waals surface area contributed by atoms with Crippen molar-refractivity contribution in [3.05, 3.63) is 47.5 Å². The summed E-state index contributed by atoms with van der Waals surface area (Å²) in [5.41, 5.74) is 18.4. The van der Waals surface area contributed by atoms with Gasteiger partial charge in [0.05, 0.1) is 0 Å². The van der Waals surface area contributed by atoms with Crippen LogP contribution in [0.2, 0.25) is 0 Å². The van der Waals surface area contributed by atoms with Crippen LogP contribution in [-0.4, -0.2) is 39.3 Å².